The molecule has 4 aliphatic rings. The number of nitro groups is 1. The summed E-state index contributed by atoms with van der Waals surface area (Å²) in [5.41, 5.74) is 2.42. The lowest BCUT2D eigenvalue weighted by Crippen LogP contribution is -2.42. The quantitative estimate of drug-likeness (QED) is 0.106. The van der Waals surface area contributed by atoms with Gasteiger partial charge in [-0.15, -0.1) is 0 Å². The van der Waals surface area contributed by atoms with E-state index in [1.807, 2.05) is 42.5 Å². The molecule has 3 heterocycles. The maximum Gasteiger partial charge on any atom is 0.319 e. The highest BCUT2D eigenvalue weighted by Crippen LogP contribution is 2.56. The molecule has 10 heteroatoms. The Bertz CT molecular complexity index is 1980. The number of carbonyl (C=O) groups is 3. The van der Waals surface area contributed by atoms with Crippen molar-refractivity contribution in [3.63, 3.8) is 0 Å². The maximum atomic E-state index is 14.4. The zero-order valence-corrected chi connectivity index (χ0v) is 22.7. The van der Waals surface area contributed by atoms with Crippen molar-refractivity contribution >= 4 is 45.5 Å². The van der Waals surface area contributed by atoms with Gasteiger partial charge >= 0.3 is 5.97 Å². The molecule has 8 rings (SSSR count). The smallest absolute Gasteiger partial charge is 0.319 e. The van der Waals surface area contributed by atoms with E-state index in [4.69, 9.17) is 14.2 Å². The molecule has 0 radical (unpaired) electrons. The number of hydrogen-bond donors (Lipinski definition) is 0. The van der Waals surface area contributed by atoms with E-state index in [0.29, 0.717) is 39.5 Å². The van der Waals surface area contributed by atoms with Gasteiger partial charge < -0.3 is 14.2 Å². The fourth-order valence-electron chi connectivity index (χ4n) is 6.97. The molecule has 212 valence electrons. The van der Waals surface area contributed by atoms with Gasteiger partial charge in [-0.25, -0.2) is 4.90 Å². The number of anilines is 1. The fraction of sp³-hybridized carbons (Fsp3) is 0.182. The van der Waals surface area contributed by atoms with Gasteiger partial charge in [0, 0.05) is 23.6 Å². The van der Waals surface area contributed by atoms with E-state index in [2.05, 4.69) is 0 Å². The molecule has 4 aromatic rings. The number of non-ortho nitro benzene ring substituents is 1. The summed E-state index contributed by atoms with van der Waals surface area (Å²) in [7, 11) is 0. The highest BCUT2D eigenvalue weighted by atomic mass is 16.7. The van der Waals surface area contributed by atoms with Crippen molar-refractivity contribution in [1.29, 1.82) is 0 Å². The van der Waals surface area contributed by atoms with Crippen molar-refractivity contribution < 1.29 is 33.5 Å². The predicted molar refractivity (Wildman–Crippen MR) is 154 cm³/mol. The molecule has 4 atom stereocenters. The molecule has 0 unspecified atom stereocenters. The number of nitrogens with zero attached hydrogens (tertiary/aromatic N) is 2. The predicted octanol–water partition coefficient (Wildman–Crippen LogP) is 5.31. The van der Waals surface area contributed by atoms with Gasteiger partial charge in [0.15, 0.2) is 11.5 Å². The molecule has 1 saturated heterocycles. The van der Waals surface area contributed by atoms with Crippen LogP contribution in [0.25, 0.3) is 16.3 Å². The zero-order chi connectivity index (χ0) is 29.6. The summed E-state index contributed by atoms with van der Waals surface area (Å²) >= 11 is 0. The zero-order valence-electron chi connectivity index (χ0n) is 22.7. The number of hydrogen-bond acceptors (Lipinski definition) is 8. The normalized spacial score (nSPS) is 23.4. The van der Waals surface area contributed by atoms with Crippen molar-refractivity contribution in [2.24, 2.45) is 17.8 Å². The number of fused-ring (bicyclic) bond motifs is 8. The second kappa shape index (κ2) is 8.99. The molecule has 3 aliphatic heterocycles. The maximum absolute atomic E-state index is 14.4. The number of imide groups is 1. The van der Waals surface area contributed by atoms with Crippen LogP contribution in [0.5, 0.6) is 17.2 Å². The lowest BCUT2D eigenvalue weighted by Gasteiger charge is -2.38. The van der Waals surface area contributed by atoms with Crippen molar-refractivity contribution in [3.8, 4) is 17.2 Å². The first kappa shape index (κ1) is 25.2. The first-order valence-electron chi connectivity index (χ1n) is 13.8. The number of nitro benzene ring substituents is 1. The van der Waals surface area contributed by atoms with Crippen LogP contribution in [0.15, 0.2) is 78.9 Å². The second-order valence-corrected chi connectivity index (χ2v) is 11.1. The van der Waals surface area contributed by atoms with Crippen LogP contribution in [0.2, 0.25) is 0 Å². The van der Waals surface area contributed by atoms with E-state index >= 15 is 0 Å². The van der Waals surface area contributed by atoms with Gasteiger partial charge in [-0.05, 0) is 52.6 Å². The summed E-state index contributed by atoms with van der Waals surface area (Å²) in [6.45, 7) is 1.75. The average Bonchev–Trinajstić information content (AvgIpc) is 3.58. The molecule has 0 aromatic heterocycles. The molecule has 0 saturated carbocycles. The van der Waals surface area contributed by atoms with E-state index in [0.717, 1.165) is 15.7 Å². The number of esters is 1. The fourth-order valence-corrected chi connectivity index (χ4v) is 6.97. The van der Waals surface area contributed by atoms with Crippen LogP contribution in [-0.4, -0.2) is 29.5 Å². The van der Waals surface area contributed by atoms with Crippen LogP contribution in [0.3, 0.4) is 0 Å². The van der Waals surface area contributed by atoms with Crippen molar-refractivity contribution in [2.45, 2.75) is 12.8 Å². The minimum absolute atomic E-state index is 0.0706. The molecular formula is C33H22N2O8. The van der Waals surface area contributed by atoms with Gasteiger partial charge in [-0.2, -0.15) is 0 Å². The van der Waals surface area contributed by atoms with E-state index in [9.17, 15) is 24.5 Å². The number of aryl methyl sites for hydroxylation is 1. The molecular weight excluding hydrogens is 552 g/mol. The summed E-state index contributed by atoms with van der Waals surface area (Å²) in [6, 6.07) is 20.8. The molecule has 43 heavy (non-hydrogen) atoms. The van der Waals surface area contributed by atoms with Gasteiger partial charge in [0.2, 0.25) is 18.6 Å². The van der Waals surface area contributed by atoms with Crippen molar-refractivity contribution in [3.05, 3.63) is 106 Å². The van der Waals surface area contributed by atoms with Crippen LogP contribution in [-0.2, 0) is 14.4 Å². The minimum atomic E-state index is -1.10. The standard InChI is InChI=1S/C33H22N2O8/c1-16-6-9-19(35(39)40)13-23(16)34-31(36)28-21(18-8-10-24-26(12-18)42-15-41-24)14-22-27-20-5-3-2-4-17(20)7-11-25(27)43-33(38)29(22)30(28)32(34)37/h2-14,21,28-30H,15H2,1H3/t21-,28+,29-,30+/m1/s1. The monoisotopic (exact) mass is 574 g/mol. The van der Waals surface area contributed by atoms with Crippen LogP contribution in [0, 0.1) is 34.8 Å². The van der Waals surface area contributed by atoms with Crippen LogP contribution in [0.1, 0.15) is 22.6 Å². The Morgan fingerprint density at radius 1 is 0.860 bits per heavy atom. The topological polar surface area (TPSA) is 125 Å². The molecule has 0 spiro atoms. The van der Waals surface area contributed by atoms with Crippen LogP contribution < -0.4 is 19.1 Å². The van der Waals surface area contributed by atoms with E-state index in [1.54, 1.807) is 25.1 Å². The number of carbonyl (C=O) groups excluding carboxylic acids is 3. The summed E-state index contributed by atoms with van der Waals surface area (Å²) in [5.74, 6) is -4.00. The van der Waals surface area contributed by atoms with Crippen molar-refractivity contribution in [1.82, 2.24) is 0 Å². The molecule has 1 aliphatic carbocycles. The van der Waals surface area contributed by atoms with Crippen LogP contribution in [0.4, 0.5) is 11.4 Å². The first-order chi connectivity index (χ1) is 20.8. The highest BCUT2D eigenvalue weighted by molar-refractivity contribution is 6.25. The lowest BCUT2D eigenvalue weighted by molar-refractivity contribution is -0.384. The third-order valence-electron chi connectivity index (χ3n) is 8.91. The number of amides is 2. The molecule has 2 amide bonds. The Balaban J connectivity index is 1.36. The van der Waals surface area contributed by atoms with Crippen LogP contribution >= 0.6 is 0 Å². The number of allylic oxidation sites excluding steroid dienone is 1. The van der Waals surface area contributed by atoms with Gasteiger partial charge in [0.25, 0.3) is 5.69 Å². The number of benzene rings is 4. The Labute approximate surface area is 244 Å². The van der Waals surface area contributed by atoms with Gasteiger partial charge in [-0.1, -0.05) is 48.5 Å². The largest absolute Gasteiger partial charge is 0.454 e. The number of rotatable bonds is 3. The summed E-state index contributed by atoms with van der Waals surface area (Å²) in [4.78, 5) is 54.5. The number of ether oxygens (including phenoxy) is 3. The van der Waals surface area contributed by atoms with Crippen molar-refractivity contribution in [2.75, 3.05) is 11.7 Å². The summed E-state index contributed by atoms with van der Waals surface area (Å²) in [6.07, 6.45) is 1.91. The minimum Gasteiger partial charge on any atom is -0.454 e. The molecule has 1 fully saturated rings. The van der Waals surface area contributed by atoms with E-state index in [-0.39, 0.29) is 18.2 Å². The Morgan fingerprint density at radius 2 is 1.63 bits per heavy atom. The summed E-state index contributed by atoms with van der Waals surface area (Å²) < 4.78 is 17.0. The Morgan fingerprint density at radius 3 is 2.47 bits per heavy atom. The SMILES string of the molecule is Cc1ccc([N+](=O)[O-])cc1N1C(=O)[C@@H]2[C@@H]3C(=O)Oc4ccc5ccccc5c4C3=C[C@H](c3ccc4c(c3)OCO4)[C@@H]2C1=O. The molecule has 0 bridgehead atoms. The van der Waals surface area contributed by atoms with Gasteiger partial charge in [0.1, 0.15) is 5.75 Å². The molecule has 10 nitrogen and oxygen atoms in total. The third-order valence-corrected chi connectivity index (χ3v) is 8.91. The van der Waals surface area contributed by atoms with E-state index < -0.39 is 46.4 Å². The lowest BCUT2D eigenvalue weighted by atomic mass is 9.64. The molecule has 4 aromatic carbocycles. The van der Waals surface area contributed by atoms with E-state index in [1.165, 1.54) is 18.2 Å². The summed E-state index contributed by atoms with van der Waals surface area (Å²) in [5, 5.41) is 13.4. The van der Waals surface area contributed by atoms with Gasteiger partial charge in [-0.3, -0.25) is 24.5 Å². The Hall–Kier alpha value is -5.51. The highest BCUT2D eigenvalue weighted by Gasteiger charge is 2.60. The first-order valence-corrected chi connectivity index (χ1v) is 13.8. The average molecular weight is 575 g/mol. The third kappa shape index (κ3) is 3.56. The Kier molecular flexibility index (Phi) is 5.27. The van der Waals surface area contributed by atoms with Gasteiger partial charge in [0.05, 0.1) is 28.4 Å². The molecule has 0 N–H and O–H groups in total. The second-order valence-electron chi connectivity index (χ2n) is 11.1.